The quantitative estimate of drug-likeness (QED) is 0.0193. The number of hydrogen-bond acceptors (Lipinski definition) is 13. The Morgan fingerprint density at radius 3 is 0.763 bits per heavy atom. The van der Waals surface area contributed by atoms with Crippen LogP contribution in [0.1, 0.15) is 203 Å². The number of allylic oxidation sites excluding steroid dienone is 30. The monoisotopic (exact) mass is 1450 g/mol. The second-order valence-electron chi connectivity index (χ2n) is 22.5. The van der Waals surface area contributed by atoms with Crippen LogP contribution in [0.15, 0.2) is 182 Å². The molecule has 0 radical (unpaired) electrons. The average molecular weight is 1450 g/mol. The summed E-state index contributed by atoms with van der Waals surface area (Å²) in [6.45, 7) is 17.6. The third-order valence-corrected chi connectivity index (χ3v) is 19.4. The molecule has 0 aliphatic carbocycles. The molecule has 97 heavy (non-hydrogen) atoms. The second kappa shape index (κ2) is 83.7. The van der Waals surface area contributed by atoms with Crippen LogP contribution < -0.4 is 32.3 Å². The van der Waals surface area contributed by atoms with Gasteiger partial charge in [0.25, 0.3) is 0 Å². The van der Waals surface area contributed by atoms with Crippen molar-refractivity contribution in [2.75, 3.05) is 73.8 Å². The summed E-state index contributed by atoms with van der Waals surface area (Å²) in [6, 6.07) is 0. The van der Waals surface area contributed by atoms with Crippen LogP contribution in [0.4, 0.5) is 4.79 Å². The van der Waals surface area contributed by atoms with Crippen molar-refractivity contribution >= 4 is 94.5 Å². The van der Waals surface area contributed by atoms with Crippen LogP contribution in [-0.4, -0.2) is 109 Å². The molecular formula is C79H130N6O6S6. The van der Waals surface area contributed by atoms with Gasteiger partial charge in [0.2, 0.25) is 23.6 Å². The number of nitrogens with two attached hydrogens (primary N) is 1. The zero-order chi connectivity index (χ0) is 71.5. The molecule has 5 amide bonds. The van der Waals surface area contributed by atoms with E-state index >= 15 is 0 Å². The highest BCUT2D eigenvalue weighted by atomic mass is 33.1. The highest BCUT2D eigenvalue weighted by Gasteiger charge is 2.15. The first-order valence-electron chi connectivity index (χ1n) is 35.5. The topological polar surface area (TPSA) is 181 Å². The van der Waals surface area contributed by atoms with Crippen LogP contribution in [0.25, 0.3) is 0 Å². The SMILES string of the molecule is CC/C=C\C/C=C\C/C=C\C/C=C\C/C=C\CCCC(=O)NCCSSCCN.CC/C=C\C/C=C\C/C=C\C/C=C\C/C=C\CCCC(=O)NCCSSCCNC(=O)OC(C)(C)C.CC/C=C\C/C=C\C/C=C\C/C=C\C/C=C\CCCC(=O)NCCSSCCNC(C)=O. The summed E-state index contributed by atoms with van der Waals surface area (Å²) in [6.07, 6.45) is 87.8. The number of rotatable bonds is 59. The summed E-state index contributed by atoms with van der Waals surface area (Å²) < 4.78 is 5.18. The van der Waals surface area contributed by atoms with E-state index in [1.165, 1.54) is 6.92 Å². The van der Waals surface area contributed by atoms with E-state index in [2.05, 4.69) is 230 Å². The lowest BCUT2D eigenvalue weighted by atomic mass is 10.2. The summed E-state index contributed by atoms with van der Waals surface area (Å²) in [4.78, 5) is 57.6. The first-order chi connectivity index (χ1) is 47.3. The molecule has 12 nitrogen and oxygen atoms in total. The predicted octanol–water partition coefficient (Wildman–Crippen LogP) is 20.8. The summed E-state index contributed by atoms with van der Waals surface area (Å²) in [5, 5.41) is 14.4. The molecule has 0 unspecified atom stereocenters. The zero-order valence-electron chi connectivity index (χ0n) is 60.8. The molecule has 0 spiro atoms. The highest BCUT2D eigenvalue weighted by Crippen LogP contribution is 2.21. The van der Waals surface area contributed by atoms with Gasteiger partial charge in [-0.05, 0) is 156 Å². The molecule has 0 bridgehead atoms. The number of hydrogen-bond donors (Lipinski definition) is 6. The van der Waals surface area contributed by atoms with Crippen LogP contribution >= 0.6 is 64.8 Å². The summed E-state index contributed by atoms with van der Waals surface area (Å²) in [7, 11) is 10.3. The van der Waals surface area contributed by atoms with Crippen molar-refractivity contribution in [2.45, 2.75) is 208 Å². The maximum Gasteiger partial charge on any atom is 0.407 e. The predicted molar refractivity (Wildman–Crippen MR) is 441 cm³/mol. The van der Waals surface area contributed by atoms with E-state index in [0.29, 0.717) is 52.0 Å². The van der Waals surface area contributed by atoms with Gasteiger partial charge in [-0.2, -0.15) is 0 Å². The largest absolute Gasteiger partial charge is 0.444 e. The Morgan fingerprint density at radius 1 is 0.320 bits per heavy atom. The van der Waals surface area contributed by atoms with Gasteiger partial charge in [-0.3, -0.25) is 19.2 Å². The molecule has 0 aliphatic rings. The molecule has 0 aromatic heterocycles. The van der Waals surface area contributed by atoms with Gasteiger partial charge in [-0.25, -0.2) is 4.79 Å². The lowest BCUT2D eigenvalue weighted by molar-refractivity contribution is -0.121. The van der Waals surface area contributed by atoms with Crippen molar-refractivity contribution in [3.05, 3.63) is 182 Å². The molecule has 0 fully saturated rings. The molecule has 0 heterocycles. The van der Waals surface area contributed by atoms with E-state index in [-0.39, 0.29) is 29.7 Å². The van der Waals surface area contributed by atoms with Crippen molar-refractivity contribution in [1.82, 2.24) is 26.6 Å². The molecule has 0 rings (SSSR count). The Bertz CT molecular complexity index is 2330. The van der Waals surface area contributed by atoms with Gasteiger partial charge in [0.05, 0.1) is 0 Å². The second-order valence-corrected chi connectivity index (χ2v) is 30.6. The third-order valence-electron chi connectivity index (χ3n) is 12.2. The molecule has 7 N–H and O–H groups in total. The average Bonchev–Trinajstić information content (AvgIpc) is 3.29. The first-order valence-corrected chi connectivity index (χ1v) is 43.0. The summed E-state index contributed by atoms with van der Waals surface area (Å²) >= 11 is 0. The van der Waals surface area contributed by atoms with Crippen molar-refractivity contribution in [1.29, 1.82) is 0 Å². The lowest BCUT2D eigenvalue weighted by Crippen LogP contribution is -2.33. The minimum atomic E-state index is -0.473. The summed E-state index contributed by atoms with van der Waals surface area (Å²) in [5.41, 5.74) is 4.95. The van der Waals surface area contributed by atoms with Crippen LogP contribution in [-0.2, 0) is 23.9 Å². The Morgan fingerprint density at radius 2 is 0.536 bits per heavy atom. The van der Waals surface area contributed by atoms with Crippen LogP contribution in [0.5, 0.6) is 0 Å². The van der Waals surface area contributed by atoms with Gasteiger partial charge in [0.15, 0.2) is 0 Å². The molecule has 18 heteroatoms. The number of nitrogens with one attached hydrogen (secondary N) is 5. The van der Waals surface area contributed by atoms with Crippen molar-refractivity contribution < 1.29 is 28.7 Å². The fraction of sp³-hybridized carbons (Fsp3) is 0.557. The Hall–Kier alpha value is -4.69. The molecule has 0 aromatic carbocycles. The van der Waals surface area contributed by atoms with Crippen LogP contribution in [0.2, 0.25) is 0 Å². The van der Waals surface area contributed by atoms with Crippen molar-refractivity contribution in [3.8, 4) is 0 Å². The van der Waals surface area contributed by atoms with Gasteiger partial charge < -0.3 is 37.1 Å². The van der Waals surface area contributed by atoms with E-state index in [1.54, 1.807) is 64.8 Å². The number of carbonyl (C=O) groups is 5. The minimum absolute atomic E-state index is 0.00689. The molecule has 0 aromatic rings. The van der Waals surface area contributed by atoms with E-state index < -0.39 is 5.60 Å². The Labute approximate surface area is 615 Å². The van der Waals surface area contributed by atoms with Gasteiger partial charge in [0.1, 0.15) is 5.60 Å². The lowest BCUT2D eigenvalue weighted by Gasteiger charge is -2.19. The normalized spacial score (nSPS) is 12.4. The number of carbonyl (C=O) groups excluding carboxylic acids is 5. The maximum atomic E-state index is 11.9. The minimum Gasteiger partial charge on any atom is -0.444 e. The molecular weight excluding hydrogens is 1320 g/mol. The molecule has 0 atom stereocenters. The Balaban J connectivity index is -0.00000137. The first kappa shape index (κ1) is 96.5. The van der Waals surface area contributed by atoms with Gasteiger partial charge >= 0.3 is 6.09 Å². The summed E-state index contributed by atoms with van der Waals surface area (Å²) in [5.74, 6) is 5.70. The van der Waals surface area contributed by atoms with E-state index in [0.717, 1.165) is 176 Å². The van der Waals surface area contributed by atoms with Gasteiger partial charge in [-0.1, -0.05) is 268 Å². The third kappa shape index (κ3) is 95.5. The van der Waals surface area contributed by atoms with Crippen molar-refractivity contribution in [3.63, 3.8) is 0 Å². The van der Waals surface area contributed by atoms with E-state index in [4.69, 9.17) is 10.5 Å². The highest BCUT2D eigenvalue weighted by molar-refractivity contribution is 8.77. The van der Waals surface area contributed by atoms with E-state index in [1.807, 2.05) is 20.8 Å². The molecule has 548 valence electrons. The molecule has 0 aliphatic heterocycles. The van der Waals surface area contributed by atoms with Crippen molar-refractivity contribution in [2.24, 2.45) is 5.73 Å². The zero-order valence-corrected chi connectivity index (χ0v) is 65.7. The smallest absolute Gasteiger partial charge is 0.407 e. The number of ether oxygens (including phenoxy) is 1. The standard InChI is InChI=1S/C29H48N2O3S2.C26H42N2O2S2.C24H40N2OS2/c1-5-6-7-8-9-10-11-12-13-14-15-16-17-18-19-20-21-22-27(32)30-23-25-35-36-26-24-31-28(33)34-29(2,3)4;1-3-4-5-6-7-8-9-10-11-12-13-14-15-16-17-18-19-20-26(30)28-22-24-32-31-23-21-27-25(2)29;1-2-3-4-5-6-7-8-9-10-11-12-13-14-15-16-17-18-19-24(27)26-21-23-29-28-22-20-25/h6-7,9-10,12-13,15-16,18-19H,5,8,11,14,17,20-26H2,1-4H3,(H,30,32)(H,31,33);4-5,7-8,10-11,13-14,16-17H,3,6,9,12,15,18-24H2,1-2H3,(H,27,29)(H,28,30);3-4,6-7,9-10,12-13,15-16H,2,5,8,11,14,17-23,25H2,1H3,(H,26,27)/b7-6-,10-9-,13-12-,16-15-,19-18-;5-4-,8-7-,11-10-,14-13-,17-16-;4-3-,7-6-,10-9-,13-12-,16-15-. The fourth-order valence-electron chi connectivity index (χ4n) is 7.39. The van der Waals surface area contributed by atoms with E-state index in [9.17, 15) is 24.0 Å². The van der Waals surface area contributed by atoms with Gasteiger partial charge in [-0.15, -0.1) is 0 Å². The number of alkyl carbamates (subject to hydrolysis) is 1. The molecule has 0 saturated carbocycles. The van der Waals surface area contributed by atoms with Gasteiger partial charge in [0, 0.05) is 100.0 Å². The number of amides is 5. The Kier molecular flexibility index (Phi) is 83.3. The fourth-order valence-corrected chi connectivity index (χ4v) is 12.8. The maximum absolute atomic E-state index is 11.9. The van der Waals surface area contributed by atoms with Crippen LogP contribution in [0.3, 0.4) is 0 Å². The van der Waals surface area contributed by atoms with Crippen LogP contribution in [0, 0.1) is 0 Å². The molecule has 0 saturated heterocycles. The number of unbranched alkanes of at least 4 members (excludes halogenated alkanes) is 3.